The van der Waals surface area contributed by atoms with Crippen molar-refractivity contribution in [1.29, 1.82) is 0 Å². The second kappa shape index (κ2) is 5.72. The molecule has 0 fully saturated rings. The Morgan fingerprint density at radius 3 is 1.42 bits per heavy atom. The van der Waals surface area contributed by atoms with Gasteiger partial charge in [0.2, 0.25) is 0 Å². The molecule has 0 atom stereocenters. The van der Waals surface area contributed by atoms with Crippen LogP contribution in [-0.2, 0) is 31.2 Å². The molecule has 124 valence electrons. The molecule has 4 rings (SSSR count). The molecule has 0 N–H and O–H groups in total. The molecule has 2 aromatic carbocycles. The van der Waals surface area contributed by atoms with Gasteiger partial charge in [0.15, 0.2) is 19.7 Å². The summed E-state index contributed by atoms with van der Waals surface area (Å²) in [6, 6.07) is 12.8. The maximum absolute atomic E-state index is 12.6. The van der Waals surface area contributed by atoms with Gasteiger partial charge in [-0.1, -0.05) is 55.6 Å². The number of hydrogen-bond acceptors (Lipinski definition) is 4. The highest BCUT2D eigenvalue weighted by atomic mass is 32.2. The number of rotatable bonds is 0. The summed E-state index contributed by atoms with van der Waals surface area (Å²) in [7, 11) is -7.21. The van der Waals surface area contributed by atoms with Gasteiger partial charge in [-0.25, -0.2) is 16.8 Å². The van der Waals surface area contributed by atoms with E-state index in [-0.39, 0.29) is 21.3 Å². The second-order valence-electron chi connectivity index (χ2n) is 5.76. The number of hydrogen-bond donors (Lipinski definition) is 0. The molecule has 4 bridgehead atoms. The van der Waals surface area contributed by atoms with Crippen molar-refractivity contribution in [2.45, 2.75) is 11.5 Å². The Hall–Kier alpha value is -2.18. The molecule has 0 radical (unpaired) electrons. The summed E-state index contributed by atoms with van der Waals surface area (Å²) in [5.74, 6) is -0.353. The van der Waals surface area contributed by atoms with Crippen molar-refractivity contribution in [2.24, 2.45) is 0 Å². The van der Waals surface area contributed by atoms with E-state index < -0.39 is 19.7 Å². The molecule has 6 heteroatoms. The lowest BCUT2D eigenvalue weighted by atomic mass is 10.1. The van der Waals surface area contributed by atoms with E-state index in [2.05, 4.69) is 13.2 Å². The fraction of sp³-hybridized carbons (Fsp3) is 0.111. The minimum atomic E-state index is -3.60. The Morgan fingerprint density at radius 2 is 1.04 bits per heavy atom. The third-order valence-electron chi connectivity index (χ3n) is 3.99. The normalized spacial score (nSPS) is 19.2. The first-order valence-electron chi connectivity index (χ1n) is 7.21. The van der Waals surface area contributed by atoms with E-state index in [9.17, 15) is 16.8 Å². The molecule has 0 saturated heterocycles. The fourth-order valence-corrected chi connectivity index (χ4v) is 5.15. The van der Waals surface area contributed by atoms with Gasteiger partial charge in [0.05, 0.1) is 21.3 Å². The van der Waals surface area contributed by atoms with E-state index in [0.717, 1.165) is 0 Å². The van der Waals surface area contributed by atoms with Crippen LogP contribution in [0.1, 0.15) is 22.3 Å². The van der Waals surface area contributed by atoms with Crippen LogP contribution in [0.5, 0.6) is 0 Å². The Balaban J connectivity index is 2.25. The third-order valence-corrected chi connectivity index (χ3v) is 7.39. The molecule has 2 heterocycles. The quantitative estimate of drug-likeness (QED) is 0.724. The van der Waals surface area contributed by atoms with Crippen LogP contribution in [0.25, 0.3) is 9.81 Å². The van der Waals surface area contributed by atoms with Crippen molar-refractivity contribution in [2.75, 3.05) is 0 Å². The van der Waals surface area contributed by atoms with Crippen LogP contribution < -0.4 is 0 Å². The Kier molecular flexibility index (Phi) is 3.97. The van der Waals surface area contributed by atoms with Gasteiger partial charge in [0.25, 0.3) is 0 Å². The minimum absolute atomic E-state index is 0.0297. The van der Waals surface area contributed by atoms with Crippen LogP contribution >= 0.6 is 0 Å². The highest BCUT2D eigenvalue weighted by Gasteiger charge is 2.23. The predicted molar refractivity (Wildman–Crippen MR) is 96.2 cm³/mol. The molecular formula is C18H16O4S2. The van der Waals surface area contributed by atoms with Crippen LogP contribution in [0.15, 0.2) is 61.7 Å². The largest absolute Gasteiger partial charge is 0.223 e. The van der Waals surface area contributed by atoms with E-state index in [4.69, 9.17) is 0 Å². The molecule has 0 spiro atoms. The molecule has 0 amide bonds. The topological polar surface area (TPSA) is 68.3 Å². The van der Waals surface area contributed by atoms with Gasteiger partial charge in [-0.2, -0.15) is 0 Å². The van der Waals surface area contributed by atoms with Crippen molar-refractivity contribution < 1.29 is 16.8 Å². The molecule has 2 aliphatic rings. The lowest BCUT2D eigenvalue weighted by Gasteiger charge is -2.10. The predicted octanol–water partition coefficient (Wildman–Crippen LogP) is 3.17. The zero-order chi connectivity index (χ0) is 17.5. The van der Waals surface area contributed by atoms with E-state index in [1.165, 1.54) is 6.07 Å². The van der Waals surface area contributed by atoms with Crippen molar-refractivity contribution in [3.05, 3.63) is 83.9 Å². The van der Waals surface area contributed by atoms with Crippen LogP contribution in [-0.4, -0.2) is 16.8 Å². The van der Waals surface area contributed by atoms with Crippen molar-refractivity contribution in [3.63, 3.8) is 0 Å². The summed E-state index contributed by atoms with van der Waals surface area (Å²) in [6.07, 6.45) is 0. The third kappa shape index (κ3) is 3.07. The first kappa shape index (κ1) is 16.7. The van der Waals surface area contributed by atoms with Crippen molar-refractivity contribution in [1.82, 2.24) is 0 Å². The molecular weight excluding hydrogens is 344 g/mol. The summed E-state index contributed by atoms with van der Waals surface area (Å²) < 4.78 is 50.3. The summed E-state index contributed by atoms with van der Waals surface area (Å²) >= 11 is 0. The molecule has 0 aliphatic carbocycles. The van der Waals surface area contributed by atoms with E-state index in [1.807, 2.05) is 0 Å². The number of benzene rings is 2. The van der Waals surface area contributed by atoms with Crippen LogP contribution in [0, 0.1) is 0 Å². The molecule has 24 heavy (non-hydrogen) atoms. The average Bonchev–Trinajstić information content (AvgIpc) is 2.54. The Bertz CT molecular complexity index is 962. The van der Waals surface area contributed by atoms with E-state index >= 15 is 0 Å². The van der Waals surface area contributed by atoms with Gasteiger partial charge >= 0.3 is 0 Å². The number of fused-ring (bicyclic) bond motifs is 6. The van der Waals surface area contributed by atoms with Gasteiger partial charge in [0.1, 0.15) is 0 Å². The fourth-order valence-electron chi connectivity index (χ4n) is 2.57. The minimum Gasteiger partial charge on any atom is -0.223 e. The maximum Gasteiger partial charge on any atom is 0.182 e. The summed E-state index contributed by atoms with van der Waals surface area (Å²) in [4.78, 5) is -0.0595. The maximum atomic E-state index is 12.6. The lowest BCUT2D eigenvalue weighted by molar-refractivity contribution is 0.603. The van der Waals surface area contributed by atoms with Crippen LogP contribution in [0.3, 0.4) is 0 Å². The highest BCUT2D eigenvalue weighted by molar-refractivity contribution is 8.00. The molecule has 2 aliphatic heterocycles. The smallest absolute Gasteiger partial charge is 0.182 e. The Labute approximate surface area is 142 Å². The van der Waals surface area contributed by atoms with Gasteiger partial charge in [-0.3, -0.25) is 0 Å². The summed E-state index contributed by atoms with van der Waals surface area (Å²) in [5, 5.41) is 0. The lowest BCUT2D eigenvalue weighted by Crippen LogP contribution is -2.06. The zero-order valence-corrected chi connectivity index (χ0v) is 14.5. The van der Waals surface area contributed by atoms with E-state index in [1.54, 1.807) is 42.5 Å². The average molecular weight is 360 g/mol. The van der Waals surface area contributed by atoms with Crippen molar-refractivity contribution in [3.8, 4) is 0 Å². The molecule has 0 saturated carbocycles. The Morgan fingerprint density at radius 1 is 0.667 bits per heavy atom. The molecule has 4 nitrogen and oxygen atoms in total. The zero-order valence-electron chi connectivity index (χ0n) is 12.9. The van der Waals surface area contributed by atoms with Gasteiger partial charge in [-0.15, -0.1) is 0 Å². The van der Waals surface area contributed by atoms with Crippen LogP contribution in [0.2, 0.25) is 0 Å². The van der Waals surface area contributed by atoms with Gasteiger partial charge < -0.3 is 0 Å². The van der Waals surface area contributed by atoms with E-state index in [0.29, 0.717) is 22.3 Å². The highest BCUT2D eigenvalue weighted by Crippen LogP contribution is 2.29. The van der Waals surface area contributed by atoms with Crippen LogP contribution in [0.4, 0.5) is 0 Å². The molecule has 0 aromatic heterocycles. The SMILES string of the molecule is C=C1c2cccc(c2)C(=C)S(=O)(=O)Cc2ccc(cc2)CS1(=O)=O. The van der Waals surface area contributed by atoms with Gasteiger partial charge in [0, 0.05) is 0 Å². The first-order valence-corrected chi connectivity index (χ1v) is 10.5. The number of sulfone groups is 2. The second-order valence-corrected chi connectivity index (χ2v) is 9.78. The summed E-state index contributed by atoms with van der Waals surface area (Å²) in [5.41, 5.74) is 1.93. The first-order chi connectivity index (χ1) is 11.2. The monoisotopic (exact) mass is 360 g/mol. The summed E-state index contributed by atoms with van der Waals surface area (Å²) in [6.45, 7) is 7.40. The standard InChI is InChI=1S/C18H16O4S2/c1-13-17-4-3-5-18(10-17)14(2)24(21,22)12-16-8-6-15(7-9-16)11-23(13,19)20/h3-10H,1-2,11-12H2. The molecule has 0 unspecified atom stereocenters. The van der Waals surface area contributed by atoms with Crippen molar-refractivity contribution >= 4 is 29.5 Å². The molecule has 2 aromatic rings. The van der Waals surface area contributed by atoms with Gasteiger partial charge in [-0.05, 0) is 28.3 Å².